The molecule has 1 N–H and O–H groups in total. The number of rotatable bonds is 9. The number of nitrogens with zero attached hydrogens (tertiary/aromatic N) is 3. The van der Waals surface area contributed by atoms with Crippen molar-refractivity contribution in [2.24, 2.45) is 4.99 Å². The first-order valence-corrected chi connectivity index (χ1v) is 11.7. The van der Waals surface area contributed by atoms with Gasteiger partial charge in [-0.3, -0.25) is 4.99 Å². The lowest BCUT2D eigenvalue weighted by molar-refractivity contribution is 0.0904. The Labute approximate surface area is 174 Å². The molecule has 9 heteroatoms. The van der Waals surface area contributed by atoms with E-state index in [1.54, 1.807) is 11.4 Å². The SMILES string of the molecule is CN=C(NCCOc1cccc(C)c1)N1CCN(S(=O)(=O)CCOC(C)C)CC1. The van der Waals surface area contributed by atoms with E-state index in [1.165, 1.54) is 0 Å². The van der Waals surface area contributed by atoms with Crippen molar-refractivity contribution < 1.29 is 17.9 Å². The normalized spacial score (nSPS) is 16.3. The van der Waals surface area contributed by atoms with Crippen LogP contribution in [-0.2, 0) is 14.8 Å². The summed E-state index contributed by atoms with van der Waals surface area (Å²) in [5.41, 5.74) is 1.16. The lowest BCUT2D eigenvalue weighted by Crippen LogP contribution is -2.54. The fourth-order valence-electron chi connectivity index (χ4n) is 3.07. The first kappa shape index (κ1) is 23.4. The summed E-state index contributed by atoms with van der Waals surface area (Å²) in [6.45, 7) is 9.29. The zero-order valence-corrected chi connectivity index (χ0v) is 18.7. The van der Waals surface area contributed by atoms with Gasteiger partial charge in [-0.15, -0.1) is 0 Å². The summed E-state index contributed by atoms with van der Waals surface area (Å²) in [4.78, 5) is 6.39. The maximum absolute atomic E-state index is 12.4. The van der Waals surface area contributed by atoms with Crippen molar-refractivity contribution >= 4 is 16.0 Å². The summed E-state index contributed by atoms with van der Waals surface area (Å²) in [7, 11) is -1.56. The third kappa shape index (κ3) is 7.83. The van der Waals surface area contributed by atoms with Crippen LogP contribution >= 0.6 is 0 Å². The van der Waals surface area contributed by atoms with Gasteiger partial charge in [0.25, 0.3) is 0 Å². The lowest BCUT2D eigenvalue weighted by atomic mass is 10.2. The predicted octanol–water partition coefficient (Wildman–Crippen LogP) is 1.32. The van der Waals surface area contributed by atoms with E-state index in [4.69, 9.17) is 9.47 Å². The Morgan fingerprint density at radius 1 is 1.21 bits per heavy atom. The molecule has 1 aromatic carbocycles. The number of aliphatic imine (C=N–C) groups is 1. The van der Waals surface area contributed by atoms with E-state index in [0.717, 1.165) is 17.3 Å². The molecule has 0 atom stereocenters. The predicted molar refractivity (Wildman–Crippen MR) is 116 cm³/mol. The molecular weight excluding hydrogens is 392 g/mol. The van der Waals surface area contributed by atoms with Gasteiger partial charge in [0.2, 0.25) is 10.0 Å². The van der Waals surface area contributed by atoms with Gasteiger partial charge in [0.05, 0.1) is 25.0 Å². The van der Waals surface area contributed by atoms with Crippen LogP contribution in [0.3, 0.4) is 0 Å². The first-order valence-electron chi connectivity index (χ1n) is 10.1. The van der Waals surface area contributed by atoms with E-state index in [2.05, 4.69) is 15.2 Å². The van der Waals surface area contributed by atoms with E-state index in [0.29, 0.717) is 39.3 Å². The smallest absolute Gasteiger partial charge is 0.216 e. The molecule has 1 aliphatic heterocycles. The number of sulfonamides is 1. The van der Waals surface area contributed by atoms with Gasteiger partial charge >= 0.3 is 0 Å². The third-order valence-corrected chi connectivity index (χ3v) is 6.41. The summed E-state index contributed by atoms with van der Waals surface area (Å²) in [5, 5.41) is 3.29. The molecule has 29 heavy (non-hydrogen) atoms. The highest BCUT2D eigenvalue weighted by atomic mass is 32.2. The van der Waals surface area contributed by atoms with E-state index in [1.807, 2.05) is 45.0 Å². The highest BCUT2D eigenvalue weighted by molar-refractivity contribution is 7.89. The average molecular weight is 427 g/mol. The summed E-state index contributed by atoms with van der Waals surface area (Å²) >= 11 is 0. The van der Waals surface area contributed by atoms with Crippen LogP contribution in [0, 0.1) is 6.92 Å². The number of nitrogens with one attached hydrogen (secondary N) is 1. The summed E-state index contributed by atoms with van der Waals surface area (Å²) in [6.07, 6.45) is 0.0336. The molecule has 0 unspecified atom stereocenters. The van der Waals surface area contributed by atoms with Gasteiger partial charge in [-0.1, -0.05) is 12.1 Å². The Hall–Kier alpha value is -1.84. The average Bonchev–Trinajstić information content (AvgIpc) is 2.68. The van der Waals surface area contributed by atoms with Crippen molar-refractivity contribution in [3.05, 3.63) is 29.8 Å². The van der Waals surface area contributed by atoms with E-state index in [9.17, 15) is 8.42 Å². The van der Waals surface area contributed by atoms with Crippen molar-refractivity contribution in [1.82, 2.24) is 14.5 Å². The van der Waals surface area contributed by atoms with Crippen molar-refractivity contribution in [2.75, 3.05) is 58.7 Å². The molecular formula is C20H34N4O4S. The van der Waals surface area contributed by atoms with Gasteiger partial charge in [-0.05, 0) is 38.5 Å². The molecule has 1 aliphatic rings. The molecule has 8 nitrogen and oxygen atoms in total. The standard InChI is InChI=1S/C20H34N4O4S/c1-17(2)27-14-15-29(25,26)24-11-9-23(10-12-24)20(21-4)22-8-13-28-19-7-5-6-18(3)16-19/h5-7,16-17H,8-15H2,1-4H3,(H,21,22). The molecule has 0 amide bonds. The molecule has 0 aliphatic carbocycles. The summed E-state index contributed by atoms with van der Waals surface area (Å²) < 4.78 is 37.6. The van der Waals surface area contributed by atoms with E-state index >= 15 is 0 Å². The minimum absolute atomic E-state index is 0.0223. The quantitative estimate of drug-likeness (QED) is 0.364. The summed E-state index contributed by atoms with van der Waals surface area (Å²) in [6, 6.07) is 7.94. The molecule has 0 aromatic heterocycles. The Balaban J connectivity index is 1.73. The van der Waals surface area contributed by atoms with E-state index in [-0.39, 0.29) is 18.5 Å². The number of aryl methyl sites for hydroxylation is 1. The maximum atomic E-state index is 12.4. The molecule has 1 saturated heterocycles. The molecule has 2 rings (SSSR count). The monoisotopic (exact) mass is 426 g/mol. The largest absolute Gasteiger partial charge is 0.492 e. The topological polar surface area (TPSA) is 83.5 Å². The Morgan fingerprint density at radius 3 is 2.55 bits per heavy atom. The second-order valence-electron chi connectivity index (χ2n) is 7.26. The number of hydrogen-bond acceptors (Lipinski definition) is 5. The molecule has 1 aromatic rings. The molecule has 0 bridgehead atoms. The molecule has 0 spiro atoms. The molecule has 164 valence electrons. The summed E-state index contributed by atoms with van der Waals surface area (Å²) in [5.74, 6) is 1.63. The third-order valence-electron chi connectivity index (χ3n) is 4.58. The molecule has 0 saturated carbocycles. The maximum Gasteiger partial charge on any atom is 0.216 e. The highest BCUT2D eigenvalue weighted by Crippen LogP contribution is 2.12. The van der Waals surface area contributed by atoms with Gasteiger partial charge in [0.1, 0.15) is 12.4 Å². The van der Waals surface area contributed by atoms with Gasteiger partial charge in [-0.25, -0.2) is 8.42 Å². The van der Waals surface area contributed by atoms with Crippen LogP contribution in [0.2, 0.25) is 0 Å². The number of guanidine groups is 1. The number of piperazine rings is 1. The minimum Gasteiger partial charge on any atom is -0.492 e. The fraction of sp³-hybridized carbons (Fsp3) is 0.650. The van der Waals surface area contributed by atoms with Gasteiger partial charge in [-0.2, -0.15) is 4.31 Å². The van der Waals surface area contributed by atoms with Gasteiger partial charge in [0, 0.05) is 33.2 Å². The van der Waals surface area contributed by atoms with Crippen molar-refractivity contribution in [1.29, 1.82) is 0 Å². The van der Waals surface area contributed by atoms with Crippen LogP contribution < -0.4 is 10.1 Å². The van der Waals surface area contributed by atoms with Crippen LogP contribution in [0.15, 0.2) is 29.3 Å². The van der Waals surface area contributed by atoms with Crippen molar-refractivity contribution in [3.8, 4) is 5.75 Å². The second-order valence-corrected chi connectivity index (χ2v) is 9.35. The van der Waals surface area contributed by atoms with Gasteiger partial charge < -0.3 is 19.7 Å². The first-order chi connectivity index (χ1) is 13.8. The number of ether oxygens (including phenoxy) is 2. The Morgan fingerprint density at radius 2 is 1.93 bits per heavy atom. The number of hydrogen-bond donors (Lipinski definition) is 1. The highest BCUT2D eigenvalue weighted by Gasteiger charge is 2.27. The van der Waals surface area contributed by atoms with Gasteiger partial charge in [0.15, 0.2) is 5.96 Å². The second kappa shape index (κ2) is 11.4. The van der Waals surface area contributed by atoms with E-state index < -0.39 is 10.0 Å². The van der Waals surface area contributed by atoms with Crippen LogP contribution in [0.25, 0.3) is 0 Å². The van der Waals surface area contributed by atoms with Crippen LogP contribution in [-0.4, -0.2) is 88.4 Å². The zero-order chi connectivity index (χ0) is 21.3. The van der Waals surface area contributed by atoms with Crippen LogP contribution in [0.5, 0.6) is 5.75 Å². The molecule has 1 fully saturated rings. The Kier molecular flexibility index (Phi) is 9.19. The fourth-order valence-corrected chi connectivity index (χ4v) is 4.35. The zero-order valence-electron chi connectivity index (χ0n) is 17.9. The van der Waals surface area contributed by atoms with Crippen molar-refractivity contribution in [3.63, 3.8) is 0 Å². The minimum atomic E-state index is -3.29. The molecule has 0 radical (unpaired) electrons. The lowest BCUT2D eigenvalue weighted by Gasteiger charge is -2.35. The van der Waals surface area contributed by atoms with Crippen LogP contribution in [0.4, 0.5) is 0 Å². The van der Waals surface area contributed by atoms with Crippen LogP contribution in [0.1, 0.15) is 19.4 Å². The van der Waals surface area contributed by atoms with Crippen molar-refractivity contribution in [2.45, 2.75) is 26.9 Å². The Bertz CT molecular complexity index is 759. The number of benzene rings is 1. The molecule has 1 heterocycles.